The lowest BCUT2D eigenvalue weighted by Gasteiger charge is -2.29. The molecule has 1 aliphatic carbocycles. The van der Waals surface area contributed by atoms with Crippen molar-refractivity contribution in [1.82, 2.24) is 16.0 Å². The zero-order valence-electron chi connectivity index (χ0n) is 16.8. The van der Waals surface area contributed by atoms with Crippen LogP contribution in [0.4, 0.5) is 13.2 Å². The van der Waals surface area contributed by atoms with E-state index in [1.54, 1.807) is 6.07 Å². The lowest BCUT2D eigenvalue weighted by molar-refractivity contribution is -0.274. The number of hydrogen-bond acceptors (Lipinski definition) is 4. The summed E-state index contributed by atoms with van der Waals surface area (Å²) in [6.07, 6.45) is 0.987. The Bertz CT molecular complexity index is 728. The summed E-state index contributed by atoms with van der Waals surface area (Å²) < 4.78 is 40.8. The minimum atomic E-state index is -4.74. The van der Waals surface area contributed by atoms with Gasteiger partial charge in [0, 0.05) is 19.0 Å². The topological polar surface area (TPSA) is 79.5 Å². The number of carbonyl (C=O) groups excluding carboxylic acids is 2. The molecular formula is C21H28F3N3O3. The number of carbonyl (C=O) groups is 2. The van der Waals surface area contributed by atoms with E-state index in [-0.39, 0.29) is 42.1 Å². The fraction of sp³-hybridized carbons (Fsp3) is 0.619. The highest BCUT2D eigenvalue weighted by Gasteiger charge is 2.31. The minimum absolute atomic E-state index is 0.0745. The second-order valence-corrected chi connectivity index (χ2v) is 8.05. The van der Waals surface area contributed by atoms with Crippen LogP contribution in [0.2, 0.25) is 0 Å². The van der Waals surface area contributed by atoms with Gasteiger partial charge in [-0.25, -0.2) is 0 Å². The van der Waals surface area contributed by atoms with Crippen LogP contribution in [0.15, 0.2) is 24.3 Å². The van der Waals surface area contributed by atoms with Gasteiger partial charge in [-0.15, -0.1) is 13.2 Å². The highest BCUT2D eigenvalue weighted by Crippen LogP contribution is 2.27. The number of alkyl halides is 3. The Kier molecular flexibility index (Phi) is 7.58. The first kappa shape index (κ1) is 22.4. The van der Waals surface area contributed by atoms with Crippen molar-refractivity contribution < 1.29 is 27.5 Å². The molecule has 30 heavy (non-hydrogen) atoms. The molecule has 0 aromatic heterocycles. The maximum atomic E-state index is 12.3. The summed E-state index contributed by atoms with van der Waals surface area (Å²) in [7, 11) is 0. The molecule has 166 valence electrons. The third-order valence-corrected chi connectivity index (χ3v) is 5.67. The molecule has 1 atom stereocenters. The monoisotopic (exact) mass is 427 g/mol. The van der Waals surface area contributed by atoms with Gasteiger partial charge in [0.15, 0.2) is 0 Å². The van der Waals surface area contributed by atoms with E-state index < -0.39 is 6.36 Å². The third-order valence-electron chi connectivity index (χ3n) is 5.67. The van der Waals surface area contributed by atoms with Crippen LogP contribution < -0.4 is 20.7 Å². The summed E-state index contributed by atoms with van der Waals surface area (Å²) >= 11 is 0. The molecule has 3 N–H and O–H groups in total. The molecule has 2 aliphatic rings. The summed E-state index contributed by atoms with van der Waals surface area (Å²) in [4.78, 5) is 24.4. The molecule has 1 aliphatic heterocycles. The van der Waals surface area contributed by atoms with Gasteiger partial charge in [-0.1, -0.05) is 12.1 Å². The van der Waals surface area contributed by atoms with Crippen LogP contribution >= 0.6 is 0 Å². The molecule has 0 radical (unpaired) electrons. The molecule has 2 amide bonds. The van der Waals surface area contributed by atoms with Crippen LogP contribution in [0.1, 0.15) is 50.5 Å². The van der Waals surface area contributed by atoms with Gasteiger partial charge in [0.25, 0.3) is 0 Å². The predicted octanol–water partition coefficient (Wildman–Crippen LogP) is 3.02. The zero-order valence-corrected chi connectivity index (χ0v) is 16.8. The van der Waals surface area contributed by atoms with Crippen molar-refractivity contribution in [3.05, 3.63) is 29.8 Å². The van der Waals surface area contributed by atoms with Gasteiger partial charge in [-0.05, 0) is 68.7 Å². The van der Waals surface area contributed by atoms with E-state index >= 15 is 0 Å². The molecule has 0 bridgehead atoms. The minimum Gasteiger partial charge on any atom is -0.406 e. The molecule has 0 unspecified atom stereocenters. The van der Waals surface area contributed by atoms with Gasteiger partial charge in [0.1, 0.15) is 5.75 Å². The Labute approximate surface area is 173 Å². The Morgan fingerprint density at radius 3 is 2.57 bits per heavy atom. The Hall–Kier alpha value is -2.29. The zero-order chi connectivity index (χ0) is 21.6. The molecule has 1 saturated heterocycles. The number of hydrogen-bond donors (Lipinski definition) is 3. The normalized spacial score (nSPS) is 24.3. The van der Waals surface area contributed by atoms with Crippen LogP contribution in [0, 0.1) is 5.92 Å². The molecule has 1 saturated carbocycles. The van der Waals surface area contributed by atoms with Crippen LogP contribution in [0.3, 0.4) is 0 Å². The summed E-state index contributed by atoms with van der Waals surface area (Å²) in [5, 5.41) is 9.07. The van der Waals surface area contributed by atoms with Crippen molar-refractivity contribution in [3.8, 4) is 5.75 Å². The highest BCUT2D eigenvalue weighted by atomic mass is 19.4. The van der Waals surface area contributed by atoms with Crippen molar-refractivity contribution in [2.75, 3.05) is 6.54 Å². The van der Waals surface area contributed by atoms with Gasteiger partial charge < -0.3 is 20.7 Å². The van der Waals surface area contributed by atoms with Crippen molar-refractivity contribution in [2.24, 2.45) is 5.92 Å². The number of benzene rings is 1. The van der Waals surface area contributed by atoms with E-state index in [2.05, 4.69) is 20.7 Å². The van der Waals surface area contributed by atoms with Gasteiger partial charge >= 0.3 is 6.36 Å². The summed E-state index contributed by atoms with van der Waals surface area (Å²) in [6, 6.07) is 5.67. The first-order valence-electron chi connectivity index (χ1n) is 10.4. The average Bonchev–Trinajstić information content (AvgIpc) is 3.22. The van der Waals surface area contributed by atoms with E-state index in [0.717, 1.165) is 45.1 Å². The van der Waals surface area contributed by atoms with Crippen molar-refractivity contribution in [3.63, 3.8) is 0 Å². The quantitative estimate of drug-likeness (QED) is 0.625. The molecule has 2 fully saturated rings. The number of amides is 2. The summed E-state index contributed by atoms with van der Waals surface area (Å²) in [5.41, 5.74) is 0.539. The molecule has 9 heteroatoms. The van der Waals surface area contributed by atoms with E-state index in [1.807, 2.05) is 0 Å². The standard InChI is InChI=1S/C21H28F3N3O3/c22-21(23,24)30-17-4-1-3-15(11-17)13-26-19(28)12-14-6-8-16(9-7-14)27-20(29)18-5-2-10-25-18/h1,3-4,11,14,16,18,25H,2,5-10,12-13H2,(H,26,28)(H,27,29)/t14-,16+,18-/m0/s1. The van der Waals surface area contributed by atoms with Crippen molar-refractivity contribution in [1.29, 1.82) is 0 Å². The number of halogens is 3. The van der Waals surface area contributed by atoms with Gasteiger partial charge in [0.05, 0.1) is 6.04 Å². The number of nitrogens with one attached hydrogen (secondary N) is 3. The van der Waals surface area contributed by atoms with Gasteiger partial charge in [-0.2, -0.15) is 0 Å². The fourth-order valence-electron chi connectivity index (χ4n) is 4.11. The van der Waals surface area contributed by atoms with Crippen LogP contribution in [-0.4, -0.2) is 36.8 Å². The van der Waals surface area contributed by atoms with Gasteiger partial charge in [-0.3, -0.25) is 9.59 Å². The molecule has 3 rings (SSSR count). The van der Waals surface area contributed by atoms with E-state index in [1.165, 1.54) is 18.2 Å². The van der Waals surface area contributed by atoms with E-state index in [0.29, 0.717) is 12.0 Å². The fourth-order valence-corrected chi connectivity index (χ4v) is 4.11. The molecule has 1 heterocycles. The first-order valence-corrected chi connectivity index (χ1v) is 10.4. The maximum absolute atomic E-state index is 12.3. The lowest BCUT2D eigenvalue weighted by Crippen LogP contribution is -2.46. The van der Waals surface area contributed by atoms with Crippen LogP contribution in [0.5, 0.6) is 5.75 Å². The summed E-state index contributed by atoms with van der Waals surface area (Å²) in [6.45, 7) is 1.03. The SMILES string of the molecule is O=C(C[C@H]1CC[C@@H](NC(=O)[C@@H]2CCCN2)CC1)NCc1cccc(OC(F)(F)F)c1. The second kappa shape index (κ2) is 10.1. The van der Waals surface area contributed by atoms with Gasteiger partial charge in [0.2, 0.25) is 11.8 Å². The second-order valence-electron chi connectivity index (χ2n) is 8.05. The van der Waals surface area contributed by atoms with Crippen LogP contribution in [0.25, 0.3) is 0 Å². The lowest BCUT2D eigenvalue weighted by atomic mass is 9.84. The van der Waals surface area contributed by atoms with Crippen LogP contribution in [-0.2, 0) is 16.1 Å². The van der Waals surface area contributed by atoms with Crippen molar-refractivity contribution in [2.45, 2.75) is 69.9 Å². The average molecular weight is 427 g/mol. The maximum Gasteiger partial charge on any atom is 0.573 e. The molecule has 0 spiro atoms. The molecule has 6 nitrogen and oxygen atoms in total. The third kappa shape index (κ3) is 7.19. The van der Waals surface area contributed by atoms with Crippen molar-refractivity contribution >= 4 is 11.8 Å². The van der Waals surface area contributed by atoms with E-state index in [9.17, 15) is 22.8 Å². The Morgan fingerprint density at radius 1 is 1.13 bits per heavy atom. The highest BCUT2D eigenvalue weighted by molar-refractivity contribution is 5.82. The predicted molar refractivity (Wildman–Crippen MR) is 105 cm³/mol. The molecule has 1 aromatic carbocycles. The van der Waals surface area contributed by atoms with E-state index in [4.69, 9.17) is 0 Å². The Balaban J connectivity index is 1.36. The Morgan fingerprint density at radius 2 is 1.90 bits per heavy atom. The largest absolute Gasteiger partial charge is 0.573 e. The number of rotatable bonds is 7. The first-order chi connectivity index (χ1) is 14.3. The smallest absolute Gasteiger partial charge is 0.406 e. The molecular weight excluding hydrogens is 399 g/mol. The molecule has 1 aromatic rings. The number of ether oxygens (including phenoxy) is 1. The summed E-state index contributed by atoms with van der Waals surface area (Å²) in [5.74, 6) is -0.102.